The third kappa shape index (κ3) is 3.40. The van der Waals surface area contributed by atoms with E-state index >= 15 is 0 Å². The lowest BCUT2D eigenvalue weighted by Crippen LogP contribution is -2.46. The van der Waals surface area contributed by atoms with Gasteiger partial charge in [-0.05, 0) is 12.1 Å². The second kappa shape index (κ2) is 6.51. The van der Waals surface area contributed by atoms with Gasteiger partial charge in [-0.1, -0.05) is 12.1 Å². The molecule has 2 N–H and O–H groups in total. The van der Waals surface area contributed by atoms with Crippen LogP contribution in [0.1, 0.15) is 10.7 Å². The van der Waals surface area contributed by atoms with Crippen molar-refractivity contribution in [2.24, 2.45) is 5.73 Å². The first kappa shape index (κ1) is 14.4. The van der Waals surface area contributed by atoms with E-state index in [0.29, 0.717) is 12.2 Å². The van der Waals surface area contributed by atoms with Crippen LogP contribution in [0.2, 0.25) is 0 Å². The number of hydrogen-bond donors (Lipinski definition) is 1. The second-order valence-electron chi connectivity index (χ2n) is 5.15. The molecule has 0 saturated carbocycles. The summed E-state index contributed by atoms with van der Waals surface area (Å²) in [4.78, 5) is 8.96. The van der Waals surface area contributed by atoms with Gasteiger partial charge < -0.3 is 10.6 Å². The number of nitrogens with zero attached hydrogens (tertiary/aromatic N) is 3. The summed E-state index contributed by atoms with van der Waals surface area (Å²) in [5.74, 6) is -0.141. The van der Waals surface area contributed by atoms with E-state index in [1.807, 2.05) is 12.1 Å². The number of anilines is 1. The number of nitrogens with two attached hydrogens (primary N) is 1. The van der Waals surface area contributed by atoms with E-state index in [-0.39, 0.29) is 5.82 Å². The zero-order chi connectivity index (χ0) is 14.7. The van der Waals surface area contributed by atoms with Gasteiger partial charge in [-0.25, -0.2) is 9.37 Å². The SMILES string of the molecule is NCc1nc(CN2CCN(c3ccccc3F)CC2)cs1. The van der Waals surface area contributed by atoms with Crippen LogP contribution in [0.3, 0.4) is 0 Å². The van der Waals surface area contributed by atoms with Crippen LogP contribution in [-0.2, 0) is 13.1 Å². The van der Waals surface area contributed by atoms with Crippen molar-refractivity contribution in [3.63, 3.8) is 0 Å². The molecule has 0 aliphatic carbocycles. The Morgan fingerprint density at radius 3 is 2.62 bits per heavy atom. The van der Waals surface area contributed by atoms with Gasteiger partial charge in [-0.3, -0.25) is 4.90 Å². The molecule has 4 nitrogen and oxygen atoms in total. The summed E-state index contributed by atoms with van der Waals surface area (Å²) >= 11 is 1.61. The van der Waals surface area contributed by atoms with Gasteiger partial charge in [-0.2, -0.15) is 0 Å². The van der Waals surface area contributed by atoms with Crippen LogP contribution in [-0.4, -0.2) is 36.1 Å². The van der Waals surface area contributed by atoms with E-state index in [4.69, 9.17) is 5.73 Å². The molecule has 0 amide bonds. The summed E-state index contributed by atoms with van der Waals surface area (Å²) < 4.78 is 13.8. The van der Waals surface area contributed by atoms with Crippen molar-refractivity contribution in [3.8, 4) is 0 Å². The molecule has 1 aliphatic heterocycles. The molecular weight excluding hydrogens is 287 g/mol. The maximum absolute atomic E-state index is 13.8. The fraction of sp³-hybridized carbons (Fsp3) is 0.400. The summed E-state index contributed by atoms with van der Waals surface area (Å²) in [5.41, 5.74) is 7.37. The number of halogens is 1. The standard InChI is InChI=1S/C15H19FN4S/c16-13-3-1-2-4-14(13)20-7-5-19(6-8-20)10-12-11-21-15(9-17)18-12/h1-4,11H,5-10,17H2. The quantitative estimate of drug-likeness (QED) is 0.939. The van der Waals surface area contributed by atoms with Crippen molar-refractivity contribution in [1.82, 2.24) is 9.88 Å². The first-order valence-electron chi connectivity index (χ1n) is 7.11. The number of thiazole rings is 1. The molecule has 0 spiro atoms. The van der Waals surface area contributed by atoms with Crippen LogP contribution in [0.5, 0.6) is 0 Å². The molecule has 0 bridgehead atoms. The lowest BCUT2D eigenvalue weighted by molar-refractivity contribution is 0.247. The van der Waals surface area contributed by atoms with Gasteiger partial charge in [0.1, 0.15) is 10.8 Å². The van der Waals surface area contributed by atoms with Gasteiger partial charge in [0.2, 0.25) is 0 Å². The molecule has 1 aromatic heterocycles. The Kier molecular flexibility index (Phi) is 4.48. The normalized spacial score (nSPS) is 16.4. The Bertz CT molecular complexity index is 593. The van der Waals surface area contributed by atoms with Gasteiger partial charge >= 0.3 is 0 Å². The number of rotatable bonds is 4. The van der Waals surface area contributed by atoms with Crippen molar-refractivity contribution < 1.29 is 4.39 Å². The average molecular weight is 306 g/mol. The topological polar surface area (TPSA) is 45.4 Å². The van der Waals surface area contributed by atoms with E-state index in [1.54, 1.807) is 17.4 Å². The lowest BCUT2D eigenvalue weighted by Gasteiger charge is -2.35. The van der Waals surface area contributed by atoms with Crippen molar-refractivity contribution in [3.05, 3.63) is 46.2 Å². The zero-order valence-corrected chi connectivity index (χ0v) is 12.7. The Morgan fingerprint density at radius 2 is 1.95 bits per heavy atom. The second-order valence-corrected chi connectivity index (χ2v) is 6.09. The van der Waals surface area contributed by atoms with Crippen molar-refractivity contribution in [2.75, 3.05) is 31.1 Å². The largest absolute Gasteiger partial charge is 0.367 e. The molecule has 0 radical (unpaired) electrons. The Balaban J connectivity index is 1.56. The Hall–Kier alpha value is -1.50. The molecule has 1 fully saturated rings. The molecule has 1 aliphatic rings. The molecule has 21 heavy (non-hydrogen) atoms. The van der Waals surface area contributed by atoms with Crippen LogP contribution in [0, 0.1) is 5.82 Å². The molecule has 1 aromatic carbocycles. The average Bonchev–Trinajstić information content (AvgIpc) is 2.96. The maximum Gasteiger partial charge on any atom is 0.146 e. The molecule has 2 aromatic rings. The van der Waals surface area contributed by atoms with Gasteiger partial charge in [0.25, 0.3) is 0 Å². The predicted molar refractivity (Wildman–Crippen MR) is 83.9 cm³/mol. The minimum Gasteiger partial charge on any atom is -0.367 e. The van der Waals surface area contributed by atoms with Gasteiger partial charge in [-0.15, -0.1) is 11.3 Å². The molecule has 0 atom stereocenters. The first-order chi connectivity index (χ1) is 10.3. The lowest BCUT2D eigenvalue weighted by atomic mass is 10.2. The fourth-order valence-electron chi connectivity index (χ4n) is 2.60. The van der Waals surface area contributed by atoms with Gasteiger partial charge in [0.05, 0.1) is 11.4 Å². The minimum absolute atomic E-state index is 0.141. The molecule has 112 valence electrons. The van der Waals surface area contributed by atoms with Crippen molar-refractivity contribution >= 4 is 17.0 Å². The van der Waals surface area contributed by atoms with Crippen LogP contribution in [0.25, 0.3) is 0 Å². The summed E-state index contributed by atoms with van der Waals surface area (Å²) in [6.07, 6.45) is 0. The molecule has 2 heterocycles. The van der Waals surface area contributed by atoms with Crippen molar-refractivity contribution in [1.29, 1.82) is 0 Å². The smallest absolute Gasteiger partial charge is 0.146 e. The van der Waals surface area contributed by atoms with Crippen LogP contribution >= 0.6 is 11.3 Å². The zero-order valence-electron chi connectivity index (χ0n) is 11.8. The van der Waals surface area contributed by atoms with Crippen molar-refractivity contribution in [2.45, 2.75) is 13.1 Å². The van der Waals surface area contributed by atoms with E-state index in [9.17, 15) is 4.39 Å². The molecular formula is C15H19FN4S. The fourth-order valence-corrected chi connectivity index (χ4v) is 3.26. The van der Waals surface area contributed by atoms with Crippen LogP contribution in [0.4, 0.5) is 10.1 Å². The number of hydrogen-bond acceptors (Lipinski definition) is 5. The summed E-state index contributed by atoms with van der Waals surface area (Å²) in [6, 6.07) is 6.98. The summed E-state index contributed by atoms with van der Waals surface area (Å²) in [6.45, 7) is 4.88. The van der Waals surface area contributed by atoms with Gasteiger partial charge in [0, 0.05) is 44.6 Å². The van der Waals surface area contributed by atoms with Crippen LogP contribution < -0.4 is 10.6 Å². The monoisotopic (exact) mass is 306 g/mol. The predicted octanol–water partition coefficient (Wildman–Crippen LogP) is 2.06. The third-order valence-corrected chi connectivity index (χ3v) is 4.64. The molecule has 6 heteroatoms. The van der Waals surface area contributed by atoms with E-state index in [2.05, 4.69) is 20.2 Å². The maximum atomic E-state index is 13.8. The molecule has 1 saturated heterocycles. The number of benzene rings is 1. The van der Waals surface area contributed by atoms with E-state index < -0.39 is 0 Å². The highest BCUT2D eigenvalue weighted by molar-refractivity contribution is 7.09. The van der Waals surface area contributed by atoms with E-state index in [0.717, 1.165) is 43.4 Å². The first-order valence-corrected chi connectivity index (χ1v) is 7.99. The molecule has 0 unspecified atom stereocenters. The Labute approximate surface area is 128 Å². The number of para-hydroxylation sites is 1. The molecule has 3 rings (SSSR count). The number of aromatic nitrogens is 1. The number of piperazine rings is 1. The van der Waals surface area contributed by atoms with Gasteiger partial charge in [0.15, 0.2) is 0 Å². The third-order valence-electron chi connectivity index (χ3n) is 3.72. The Morgan fingerprint density at radius 1 is 1.19 bits per heavy atom. The summed E-state index contributed by atoms with van der Waals surface area (Å²) in [5, 5.41) is 3.06. The van der Waals surface area contributed by atoms with E-state index in [1.165, 1.54) is 6.07 Å². The highest BCUT2D eigenvalue weighted by atomic mass is 32.1. The highest BCUT2D eigenvalue weighted by Crippen LogP contribution is 2.21. The summed E-state index contributed by atoms with van der Waals surface area (Å²) in [7, 11) is 0. The van der Waals surface area contributed by atoms with Crippen LogP contribution in [0.15, 0.2) is 29.6 Å². The minimum atomic E-state index is -0.141. The highest BCUT2D eigenvalue weighted by Gasteiger charge is 2.19.